The highest BCUT2D eigenvalue weighted by molar-refractivity contribution is 7.85. The summed E-state index contributed by atoms with van der Waals surface area (Å²) in [7, 11) is -1.64. The number of anilines is 2. The summed E-state index contributed by atoms with van der Waals surface area (Å²) in [4.78, 5) is 25.9. The molecule has 3 aromatic rings. The maximum Gasteiger partial charge on any atom is 0.238 e. The van der Waals surface area contributed by atoms with Gasteiger partial charge in [0.05, 0.1) is 16.8 Å². The van der Waals surface area contributed by atoms with Gasteiger partial charge in [-0.25, -0.2) is 28.1 Å². The molecule has 2 fully saturated rings. The second kappa shape index (κ2) is 7.94. The lowest BCUT2D eigenvalue weighted by molar-refractivity contribution is -0.132. The highest BCUT2D eigenvalue weighted by Crippen LogP contribution is 2.45. The predicted octanol–water partition coefficient (Wildman–Crippen LogP) is 3.47. The van der Waals surface area contributed by atoms with Crippen molar-refractivity contribution in [1.29, 1.82) is 0 Å². The first-order chi connectivity index (χ1) is 15.3. The molecule has 0 bridgehead atoms. The van der Waals surface area contributed by atoms with Crippen molar-refractivity contribution >= 4 is 49.8 Å². The molecule has 7 nitrogen and oxygen atoms in total. The molecule has 5 rings (SSSR count). The minimum absolute atomic E-state index is 0.00365. The minimum atomic E-state index is -1.64. The van der Waals surface area contributed by atoms with Gasteiger partial charge >= 0.3 is 0 Å². The number of thiazole rings is 2. The van der Waals surface area contributed by atoms with Crippen molar-refractivity contribution < 1.29 is 17.8 Å². The van der Waals surface area contributed by atoms with Crippen molar-refractivity contribution in [2.24, 2.45) is 10.6 Å². The molecule has 1 unspecified atom stereocenters. The SMILES string of the molecule is Cc1nc(N2CCCC3(CN(c4nc(-c5cc(F)ccc5F)cs4)C3)C2=O)sc1S(N)=O. The summed E-state index contributed by atoms with van der Waals surface area (Å²) in [6.45, 7) is 3.29. The Balaban J connectivity index is 1.33. The van der Waals surface area contributed by atoms with Crippen molar-refractivity contribution in [2.75, 3.05) is 29.4 Å². The van der Waals surface area contributed by atoms with Gasteiger partial charge in [0.1, 0.15) is 26.8 Å². The molecule has 168 valence electrons. The fraction of sp³-hybridized carbons (Fsp3) is 0.350. The molecule has 0 radical (unpaired) electrons. The smallest absolute Gasteiger partial charge is 0.238 e. The number of nitrogens with zero attached hydrogens (tertiary/aromatic N) is 4. The Bertz CT molecular complexity index is 1240. The molecular weight excluding hydrogens is 476 g/mol. The van der Waals surface area contributed by atoms with E-state index in [4.69, 9.17) is 5.14 Å². The molecule has 2 aliphatic rings. The summed E-state index contributed by atoms with van der Waals surface area (Å²) in [6.07, 6.45) is 1.59. The van der Waals surface area contributed by atoms with E-state index in [1.807, 2.05) is 4.90 Å². The van der Waals surface area contributed by atoms with Crippen LogP contribution in [0.15, 0.2) is 27.8 Å². The standard InChI is InChI=1S/C20H19F2N5O2S3/c1-11-16(32(23)29)31-19(24-11)27-6-2-5-20(17(27)28)9-26(10-20)18-25-15(8-30-18)13-7-12(21)3-4-14(13)22/h3-4,7-8H,2,5-6,9-10,23H2,1H3. The van der Waals surface area contributed by atoms with E-state index in [-0.39, 0.29) is 11.5 Å². The van der Waals surface area contributed by atoms with Gasteiger partial charge in [-0.1, -0.05) is 11.3 Å². The van der Waals surface area contributed by atoms with Crippen LogP contribution in [0.5, 0.6) is 0 Å². The molecule has 0 saturated carbocycles. The number of carbonyl (C=O) groups is 1. The van der Waals surface area contributed by atoms with Gasteiger partial charge in [0, 0.05) is 30.6 Å². The third-order valence-electron chi connectivity index (χ3n) is 5.85. The fourth-order valence-electron chi connectivity index (χ4n) is 4.26. The molecule has 2 N–H and O–H groups in total. The average Bonchev–Trinajstić information content (AvgIpc) is 3.35. The third kappa shape index (κ3) is 3.54. The lowest BCUT2D eigenvalue weighted by Crippen LogP contribution is -2.66. The average molecular weight is 496 g/mol. The van der Waals surface area contributed by atoms with Crippen LogP contribution in [0, 0.1) is 24.0 Å². The second-order valence-corrected chi connectivity index (χ2v) is 11.1. The summed E-state index contributed by atoms with van der Waals surface area (Å²) in [5, 5.41) is 8.40. The number of halogens is 2. The first-order valence-electron chi connectivity index (χ1n) is 9.89. The normalized spacial score (nSPS) is 18.8. The zero-order valence-corrected chi connectivity index (χ0v) is 19.5. The van der Waals surface area contributed by atoms with Crippen molar-refractivity contribution in [2.45, 2.75) is 24.0 Å². The Labute approximate surface area is 193 Å². The van der Waals surface area contributed by atoms with Crippen molar-refractivity contribution in [1.82, 2.24) is 9.97 Å². The molecular formula is C20H19F2N5O2S3. The number of hydrogen-bond donors (Lipinski definition) is 1. The highest BCUT2D eigenvalue weighted by Gasteiger charge is 2.54. The van der Waals surface area contributed by atoms with Gasteiger partial charge in [-0.2, -0.15) is 0 Å². The van der Waals surface area contributed by atoms with Crippen LogP contribution >= 0.6 is 22.7 Å². The van der Waals surface area contributed by atoms with Gasteiger partial charge in [-0.05, 0) is 38.0 Å². The molecule has 32 heavy (non-hydrogen) atoms. The van der Waals surface area contributed by atoms with Gasteiger partial charge in [-0.15, -0.1) is 11.3 Å². The molecule has 2 aliphatic heterocycles. The second-order valence-electron chi connectivity index (χ2n) is 8.00. The zero-order valence-electron chi connectivity index (χ0n) is 17.0. The molecule has 2 saturated heterocycles. The number of benzene rings is 1. The van der Waals surface area contributed by atoms with Crippen molar-refractivity contribution in [3.63, 3.8) is 0 Å². The molecule has 1 spiro atoms. The predicted molar refractivity (Wildman–Crippen MR) is 121 cm³/mol. The van der Waals surface area contributed by atoms with Crippen LogP contribution in [0.25, 0.3) is 11.3 Å². The van der Waals surface area contributed by atoms with Crippen LogP contribution in [-0.2, 0) is 15.8 Å². The monoisotopic (exact) mass is 495 g/mol. The summed E-state index contributed by atoms with van der Waals surface area (Å²) < 4.78 is 39.8. The zero-order chi connectivity index (χ0) is 22.6. The highest BCUT2D eigenvalue weighted by atomic mass is 32.2. The van der Waals surface area contributed by atoms with E-state index in [0.29, 0.717) is 45.5 Å². The summed E-state index contributed by atoms with van der Waals surface area (Å²) in [5.74, 6) is -1.06. The van der Waals surface area contributed by atoms with E-state index in [1.54, 1.807) is 17.2 Å². The number of carbonyl (C=O) groups excluding carboxylic acids is 1. The van der Waals surface area contributed by atoms with E-state index in [2.05, 4.69) is 9.97 Å². The lowest BCUT2D eigenvalue weighted by atomic mass is 9.73. The Hall–Kier alpha value is -2.28. The summed E-state index contributed by atoms with van der Waals surface area (Å²) >= 11 is 2.53. The van der Waals surface area contributed by atoms with Gasteiger partial charge in [-0.3, -0.25) is 9.69 Å². The summed E-state index contributed by atoms with van der Waals surface area (Å²) in [5.41, 5.74) is 0.541. The van der Waals surface area contributed by atoms with Crippen LogP contribution in [-0.4, -0.2) is 39.7 Å². The van der Waals surface area contributed by atoms with Crippen LogP contribution in [0.3, 0.4) is 0 Å². The number of rotatable bonds is 4. The van der Waals surface area contributed by atoms with Gasteiger partial charge in [0.2, 0.25) is 5.91 Å². The van der Waals surface area contributed by atoms with Gasteiger partial charge in [0.15, 0.2) is 10.3 Å². The van der Waals surface area contributed by atoms with Gasteiger partial charge < -0.3 is 4.90 Å². The Kier molecular flexibility index (Phi) is 5.35. The molecule has 1 amide bonds. The topological polar surface area (TPSA) is 92.4 Å². The maximum absolute atomic E-state index is 14.1. The maximum atomic E-state index is 14.1. The van der Waals surface area contributed by atoms with Crippen molar-refractivity contribution in [3.05, 3.63) is 40.9 Å². The van der Waals surface area contributed by atoms with E-state index in [0.717, 1.165) is 31.0 Å². The largest absolute Gasteiger partial charge is 0.346 e. The van der Waals surface area contributed by atoms with E-state index in [1.165, 1.54) is 22.7 Å². The van der Waals surface area contributed by atoms with Crippen molar-refractivity contribution in [3.8, 4) is 11.3 Å². The van der Waals surface area contributed by atoms with E-state index in [9.17, 15) is 17.8 Å². The van der Waals surface area contributed by atoms with E-state index < -0.39 is 28.0 Å². The first kappa shape index (κ1) is 21.6. The number of piperidine rings is 1. The number of hydrogen-bond acceptors (Lipinski definition) is 7. The number of aromatic nitrogens is 2. The summed E-state index contributed by atoms with van der Waals surface area (Å²) in [6, 6.07) is 3.29. The third-order valence-corrected chi connectivity index (χ3v) is 9.13. The number of nitrogens with two attached hydrogens (primary N) is 1. The Morgan fingerprint density at radius 1 is 1.22 bits per heavy atom. The van der Waals surface area contributed by atoms with Crippen LogP contribution < -0.4 is 14.9 Å². The Morgan fingerprint density at radius 2 is 2.00 bits per heavy atom. The molecule has 1 aromatic carbocycles. The molecule has 2 aromatic heterocycles. The lowest BCUT2D eigenvalue weighted by Gasteiger charge is -2.52. The number of amides is 1. The van der Waals surface area contributed by atoms with Crippen LogP contribution in [0.1, 0.15) is 18.5 Å². The minimum Gasteiger partial charge on any atom is -0.346 e. The fourth-order valence-corrected chi connectivity index (χ4v) is 6.80. The quantitative estimate of drug-likeness (QED) is 0.598. The molecule has 12 heteroatoms. The van der Waals surface area contributed by atoms with Crippen LogP contribution in [0.4, 0.5) is 19.0 Å². The molecule has 1 atom stereocenters. The van der Waals surface area contributed by atoms with Gasteiger partial charge in [0.25, 0.3) is 0 Å². The molecule has 0 aliphatic carbocycles. The number of aryl methyl sites for hydroxylation is 1. The molecule has 4 heterocycles. The Morgan fingerprint density at radius 3 is 2.72 bits per heavy atom. The van der Waals surface area contributed by atoms with E-state index >= 15 is 0 Å². The van der Waals surface area contributed by atoms with Crippen LogP contribution in [0.2, 0.25) is 0 Å². The first-order valence-corrected chi connectivity index (χ1v) is 12.8.